The summed E-state index contributed by atoms with van der Waals surface area (Å²) in [6.07, 6.45) is 5.38. The summed E-state index contributed by atoms with van der Waals surface area (Å²) >= 11 is 0. The summed E-state index contributed by atoms with van der Waals surface area (Å²) in [5.41, 5.74) is 2.29. The van der Waals surface area contributed by atoms with Crippen molar-refractivity contribution in [3.63, 3.8) is 0 Å². The van der Waals surface area contributed by atoms with Crippen LogP contribution in [0.5, 0.6) is 0 Å². The van der Waals surface area contributed by atoms with E-state index in [1.165, 1.54) is 5.56 Å². The van der Waals surface area contributed by atoms with Crippen LogP contribution in [-0.4, -0.2) is 29.6 Å². The third kappa shape index (κ3) is 5.15. The number of anilines is 1. The van der Waals surface area contributed by atoms with E-state index in [-0.39, 0.29) is 0 Å². The van der Waals surface area contributed by atoms with Crippen LogP contribution in [0.1, 0.15) is 51.3 Å². The molecular weight excluding hydrogens is 236 g/mol. The van der Waals surface area contributed by atoms with E-state index in [4.69, 9.17) is 0 Å². The van der Waals surface area contributed by atoms with E-state index >= 15 is 0 Å². The zero-order chi connectivity index (χ0) is 14.1. The highest BCUT2D eigenvalue weighted by Gasteiger charge is 2.09. The van der Waals surface area contributed by atoms with E-state index in [0.717, 1.165) is 57.1 Å². The molecule has 0 aromatic carbocycles. The molecule has 0 aliphatic heterocycles. The zero-order valence-electron chi connectivity index (χ0n) is 12.9. The second-order valence-corrected chi connectivity index (χ2v) is 4.94. The van der Waals surface area contributed by atoms with Crippen molar-refractivity contribution in [2.24, 2.45) is 0 Å². The predicted molar refractivity (Wildman–Crippen MR) is 81.6 cm³/mol. The molecule has 1 N–H and O–H groups in total. The Balaban J connectivity index is 2.73. The molecule has 108 valence electrons. The molecule has 0 saturated heterocycles. The smallest absolute Gasteiger partial charge is 0.225 e. The summed E-state index contributed by atoms with van der Waals surface area (Å²) in [6.45, 7) is 12.6. The lowest BCUT2D eigenvalue weighted by Crippen LogP contribution is -2.27. The Labute approximate surface area is 117 Å². The van der Waals surface area contributed by atoms with Gasteiger partial charge in [0.1, 0.15) is 0 Å². The fourth-order valence-electron chi connectivity index (χ4n) is 2.06. The highest BCUT2D eigenvalue weighted by atomic mass is 15.2. The van der Waals surface area contributed by atoms with Gasteiger partial charge in [-0.2, -0.15) is 0 Å². The molecule has 0 fully saturated rings. The Morgan fingerprint density at radius 3 is 2.32 bits per heavy atom. The van der Waals surface area contributed by atoms with Crippen molar-refractivity contribution in [2.75, 3.05) is 24.5 Å². The van der Waals surface area contributed by atoms with Gasteiger partial charge < -0.3 is 10.2 Å². The molecule has 19 heavy (non-hydrogen) atoms. The van der Waals surface area contributed by atoms with E-state index < -0.39 is 0 Å². The molecule has 1 aromatic rings. The maximum absolute atomic E-state index is 4.66. The van der Waals surface area contributed by atoms with Crippen molar-refractivity contribution < 1.29 is 0 Å². The number of aryl methyl sites for hydroxylation is 1. The maximum atomic E-state index is 4.66. The van der Waals surface area contributed by atoms with E-state index in [0.29, 0.717) is 0 Å². The molecule has 0 radical (unpaired) electrons. The molecule has 0 bridgehead atoms. The van der Waals surface area contributed by atoms with Crippen LogP contribution < -0.4 is 10.2 Å². The minimum absolute atomic E-state index is 0.863. The first kappa shape index (κ1) is 15.9. The Kier molecular flexibility index (Phi) is 7.41. The summed E-state index contributed by atoms with van der Waals surface area (Å²) in [6, 6.07) is 0. The van der Waals surface area contributed by atoms with Crippen LogP contribution in [0.3, 0.4) is 0 Å². The van der Waals surface area contributed by atoms with Gasteiger partial charge in [0.05, 0.1) is 0 Å². The summed E-state index contributed by atoms with van der Waals surface area (Å²) in [4.78, 5) is 11.5. The number of hydrogen-bond acceptors (Lipinski definition) is 4. The molecule has 1 aromatic heterocycles. The van der Waals surface area contributed by atoms with Crippen molar-refractivity contribution in [1.82, 2.24) is 15.3 Å². The van der Waals surface area contributed by atoms with E-state index in [2.05, 4.69) is 47.9 Å². The molecule has 1 heterocycles. The van der Waals surface area contributed by atoms with E-state index in [9.17, 15) is 0 Å². The number of nitrogens with zero attached hydrogens (tertiary/aromatic N) is 3. The molecule has 0 saturated carbocycles. The fourth-order valence-corrected chi connectivity index (χ4v) is 2.06. The van der Waals surface area contributed by atoms with Crippen LogP contribution >= 0.6 is 0 Å². The number of hydrogen-bond donors (Lipinski definition) is 1. The fraction of sp³-hybridized carbons (Fsp3) is 0.733. The molecule has 4 nitrogen and oxygen atoms in total. The average molecular weight is 264 g/mol. The minimum atomic E-state index is 0.863. The molecule has 0 atom stereocenters. The normalized spacial score (nSPS) is 10.7. The first-order valence-electron chi connectivity index (χ1n) is 7.51. The van der Waals surface area contributed by atoms with Crippen LogP contribution in [0, 0.1) is 6.92 Å². The molecule has 0 spiro atoms. The highest BCUT2D eigenvalue weighted by molar-refractivity contribution is 5.32. The third-order valence-corrected chi connectivity index (χ3v) is 3.08. The summed E-state index contributed by atoms with van der Waals surface area (Å²) in [5, 5.41) is 3.40. The summed E-state index contributed by atoms with van der Waals surface area (Å²) < 4.78 is 0. The lowest BCUT2D eigenvalue weighted by molar-refractivity contribution is 0.665. The standard InChI is InChI=1S/C15H28N4/c1-5-8-16-11-14-12-17-15(18-13(14)4)19(9-6-2)10-7-3/h12,16H,5-11H2,1-4H3. The third-order valence-electron chi connectivity index (χ3n) is 3.08. The average Bonchev–Trinajstić information content (AvgIpc) is 2.40. The lowest BCUT2D eigenvalue weighted by Gasteiger charge is -2.22. The number of rotatable bonds is 9. The minimum Gasteiger partial charge on any atom is -0.341 e. The van der Waals surface area contributed by atoms with Gasteiger partial charge in [-0.05, 0) is 32.7 Å². The van der Waals surface area contributed by atoms with Gasteiger partial charge in [-0.15, -0.1) is 0 Å². The van der Waals surface area contributed by atoms with Crippen LogP contribution in [0.25, 0.3) is 0 Å². The number of aromatic nitrogens is 2. The van der Waals surface area contributed by atoms with Crippen molar-refractivity contribution in [3.8, 4) is 0 Å². The topological polar surface area (TPSA) is 41.1 Å². The Morgan fingerprint density at radius 1 is 1.11 bits per heavy atom. The monoisotopic (exact) mass is 264 g/mol. The summed E-state index contributed by atoms with van der Waals surface area (Å²) in [7, 11) is 0. The maximum Gasteiger partial charge on any atom is 0.225 e. The van der Waals surface area contributed by atoms with E-state index in [1.54, 1.807) is 0 Å². The van der Waals surface area contributed by atoms with Crippen LogP contribution in [0.4, 0.5) is 5.95 Å². The molecule has 0 aliphatic carbocycles. The highest BCUT2D eigenvalue weighted by Crippen LogP contribution is 2.12. The van der Waals surface area contributed by atoms with Crippen molar-refractivity contribution >= 4 is 5.95 Å². The SMILES string of the molecule is CCCNCc1cnc(N(CCC)CCC)nc1C. The Hall–Kier alpha value is -1.16. The first-order chi connectivity index (χ1) is 9.22. The van der Waals surface area contributed by atoms with Gasteiger partial charge in [0.25, 0.3) is 0 Å². The second kappa shape index (κ2) is 8.86. The van der Waals surface area contributed by atoms with Gasteiger partial charge >= 0.3 is 0 Å². The van der Waals surface area contributed by atoms with Crippen LogP contribution in [-0.2, 0) is 6.54 Å². The first-order valence-corrected chi connectivity index (χ1v) is 7.51. The molecule has 0 aliphatic rings. The molecule has 4 heteroatoms. The van der Waals surface area contributed by atoms with Gasteiger partial charge in [-0.25, -0.2) is 9.97 Å². The van der Waals surface area contributed by atoms with Gasteiger partial charge in [-0.1, -0.05) is 20.8 Å². The number of nitrogens with one attached hydrogen (secondary N) is 1. The van der Waals surface area contributed by atoms with Crippen molar-refractivity contribution in [2.45, 2.75) is 53.5 Å². The second-order valence-electron chi connectivity index (χ2n) is 4.94. The van der Waals surface area contributed by atoms with Gasteiger partial charge in [-0.3, -0.25) is 0 Å². The van der Waals surface area contributed by atoms with Crippen molar-refractivity contribution in [3.05, 3.63) is 17.5 Å². The molecule has 0 amide bonds. The lowest BCUT2D eigenvalue weighted by atomic mass is 10.2. The molecule has 1 rings (SSSR count). The van der Waals surface area contributed by atoms with Gasteiger partial charge in [0, 0.05) is 37.1 Å². The van der Waals surface area contributed by atoms with Crippen LogP contribution in [0.2, 0.25) is 0 Å². The Morgan fingerprint density at radius 2 is 1.79 bits per heavy atom. The predicted octanol–water partition coefficient (Wildman–Crippen LogP) is 2.91. The van der Waals surface area contributed by atoms with Crippen LogP contribution in [0.15, 0.2) is 6.20 Å². The molecule has 0 unspecified atom stereocenters. The Bertz CT molecular complexity index is 359. The largest absolute Gasteiger partial charge is 0.341 e. The van der Waals surface area contributed by atoms with Gasteiger partial charge in [0.2, 0.25) is 5.95 Å². The zero-order valence-corrected chi connectivity index (χ0v) is 12.9. The van der Waals surface area contributed by atoms with E-state index in [1.807, 2.05) is 6.20 Å². The van der Waals surface area contributed by atoms with Gasteiger partial charge in [0.15, 0.2) is 0 Å². The summed E-state index contributed by atoms with van der Waals surface area (Å²) in [5.74, 6) is 0.875. The van der Waals surface area contributed by atoms with Crippen molar-refractivity contribution in [1.29, 1.82) is 0 Å². The molecular formula is C15H28N4. The quantitative estimate of drug-likeness (QED) is 0.696.